The number of rotatable bonds is 9. The largest absolute Gasteiger partial charge is 0.480 e. The summed E-state index contributed by atoms with van der Waals surface area (Å²) in [5.74, 6) is -0.670. The number of likely N-dealkylation sites (tertiary alicyclic amines) is 1. The number of benzene rings is 1. The Bertz CT molecular complexity index is 1400. The van der Waals surface area contributed by atoms with E-state index in [2.05, 4.69) is 9.97 Å². The molecule has 1 saturated heterocycles. The summed E-state index contributed by atoms with van der Waals surface area (Å²) in [6, 6.07) is 6.66. The molecule has 3 heterocycles. The van der Waals surface area contributed by atoms with Gasteiger partial charge in [-0.15, -0.1) is 0 Å². The fourth-order valence-electron chi connectivity index (χ4n) is 4.78. The van der Waals surface area contributed by atoms with Gasteiger partial charge in [-0.2, -0.15) is 0 Å². The Morgan fingerprint density at radius 2 is 1.97 bits per heavy atom. The van der Waals surface area contributed by atoms with Crippen LogP contribution in [-0.2, 0) is 33.3 Å². The van der Waals surface area contributed by atoms with Crippen LogP contribution in [0.25, 0.3) is 10.8 Å². The summed E-state index contributed by atoms with van der Waals surface area (Å²) in [4.78, 5) is 37.2. The number of fused-ring (bicyclic) bond motifs is 1. The second-order valence-corrected chi connectivity index (χ2v) is 10.0. The average Bonchev–Trinajstić information content (AvgIpc) is 3.22. The molecule has 1 amide bonds. The molecule has 196 valence electrons. The molecule has 2 aromatic heterocycles. The Labute approximate surface area is 216 Å². The van der Waals surface area contributed by atoms with Crippen molar-refractivity contribution in [3.63, 3.8) is 0 Å². The van der Waals surface area contributed by atoms with Crippen LogP contribution in [0.15, 0.2) is 42.7 Å². The molecule has 3 aromatic rings. The van der Waals surface area contributed by atoms with Crippen molar-refractivity contribution in [3.05, 3.63) is 53.9 Å². The van der Waals surface area contributed by atoms with E-state index in [-0.39, 0.29) is 25.1 Å². The third-order valence-corrected chi connectivity index (χ3v) is 7.57. The highest BCUT2D eigenvalue weighted by molar-refractivity contribution is 7.74. The van der Waals surface area contributed by atoms with Crippen molar-refractivity contribution >= 4 is 50.9 Å². The van der Waals surface area contributed by atoms with Gasteiger partial charge in [0.05, 0.1) is 11.9 Å². The molecule has 4 rings (SSSR count). The maximum atomic E-state index is 13.4. The Morgan fingerprint density at radius 1 is 1.22 bits per heavy atom. The van der Waals surface area contributed by atoms with E-state index in [0.29, 0.717) is 18.1 Å². The van der Waals surface area contributed by atoms with E-state index in [4.69, 9.17) is 5.73 Å². The molecule has 37 heavy (non-hydrogen) atoms. The number of thiol groups is 1. The Balaban J connectivity index is 1.63. The van der Waals surface area contributed by atoms with Gasteiger partial charge < -0.3 is 20.6 Å². The minimum atomic E-state index is -3.17. The van der Waals surface area contributed by atoms with Crippen LogP contribution < -0.4 is 14.9 Å². The molecule has 0 spiro atoms. The van der Waals surface area contributed by atoms with Gasteiger partial charge in [-0.3, -0.25) is 9.10 Å². The van der Waals surface area contributed by atoms with Crippen LogP contribution in [0.5, 0.6) is 0 Å². The lowest BCUT2D eigenvalue weighted by molar-refractivity contribution is -0.148. The fourth-order valence-corrected chi connectivity index (χ4v) is 5.53. The van der Waals surface area contributed by atoms with Crippen molar-refractivity contribution in [2.45, 2.75) is 38.3 Å². The number of nitrogens with zero attached hydrogens (tertiary/aromatic N) is 5. The monoisotopic (exact) mass is 526 g/mol. The van der Waals surface area contributed by atoms with E-state index in [1.807, 2.05) is 33.2 Å². The van der Waals surface area contributed by atoms with Crippen LogP contribution >= 0.6 is 0 Å². The van der Waals surface area contributed by atoms with Gasteiger partial charge in [0.1, 0.15) is 23.7 Å². The highest BCUT2D eigenvalue weighted by atomic mass is 32.2. The van der Waals surface area contributed by atoms with Gasteiger partial charge in [-0.25, -0.2) is 23.2 Å². The highest BCUT2D eigenvalue weighted by Gasteiger charge is 2.43. The Kier molecular flexibility index (Phi) is 7.48. The van der Waals surface area contributed by atoms with Gasteiger partial charge in [0.15, 0.2) is 0 Å². The van der Waals surface area contributed by atoms with Gasteiger partial charge in [0.2, 0.25) is 16.8 Å². The van der Waals surface area contributed by atoms with Crippen molar-refractivity contribution in [2.75, 3.05) is 35.6 Å². The molecule has 12 heteroatoms. The molecular formula is C25H30N6O5S. The number of nitrogens with two attached hydrogens (primary N) is 1. The zero-order valence-electron chi connectivity index (χ0n) is 20.9. The first-order valence-corrected chi connectivity index (χ1v) is 13.0. The molecule has 0 radical (unpaired) electrons. The number of carboxylic acid groups (broad SMARTS) is 1. The molecule has 0 bridgehead atoms. The molecular weight excluding hydrogens is 496 g/mol. The van der Waals surface area contributed by atoms with Crippen molar-refractivity contribution in [1.82, 2.24) is 14.9 Å². The van der Waals surface area contributed by atoms with E-state index < -0.39 is 34.9 Å². The molecule has 0 saturated carbocycles. The summed E-state index contributed by atoms with van der Waals surface area (Å²) in [6.45, 7) is 2.08. The SMILES string of the molecule is CCc1cc2c(N)nccc2cc1C[C@H](C(=O)O)N1CC[C@H](N(c2ccc(N(C)C)nc2)[SH](=O)=O)C1=O. The van der Waals surface area contributed by atoms with Crippen LogP contribution in [0, 0.1) is 0 Å². The lowest BCUT2D eigenvalue weighted by Gasteiger charge is -2.28. The lowest BCUT2D eigenvalue weighted by atomic mass is 9.94. The predicted molar refractivity (Wildman–Crippen MR) is 142 cm³/mol. The molecule has 1 aliphatic heterocycles. The number of hydrogen-bond donors (Lipinski definition) is 3. The van der Waals surface area contributed by atoms with E-state index in [1.54, 1.807) is 29.3 Å². The minimum absolute atomic E-state index is 0.0811. The van der Waals surface area contributed by atoms with Crippen LogP contribution in [0.4, 0.5) is 17.3 Å². The molecule has 1 aromatic carbocycles. The number of amides is 1. The third-order valence-electron chi connectivity index (χ3n) is 6.71. The number of pyridine rings is 2. The summed E-state index contributed by atoms with van der Waals surface area (Å²) >= 11 is 0. The zero-order chi connectivity index (χ0) is 26.9. The number of aromatic nitrogens is 2. The van der Waals surface area contributed by atoms with E-state index in [9.17, 15) is 23.1 Å². The van der Waals surface area contributed by atoms with Gasteiger partial charge >= 0.3 is 5.97 Å². The Hall–Kier alpha value is -3.93. The van der Waals surface area contributed by atoms with E-state index in [1.165, 1.54) is 11.1 Å². The summed E-state index contributed by atoms with van der Waals surface area (Å²) in [7, 11) is 0.450. The predicted octanol–water partition coefficient (Wildman–Crippen LogP) is 1.47. The third kappa shape index (κ3) is 5.15. The van der Waals surface area contributed by atoms with Crippen molar-refractivity contribution in [1.29, 1.82) is 0 Å². The zero-order valence-corrected chi connectivity index (χ0v) is 21.8. The summed E-state index contributed by atoms with van der Waals surface area (Å²) in [5.41, 5.74) is 7.98. The topological polar surface area (TPSA) is 150 Å². The first-order chi connectivity index (χ1) is 17.6. The van der Waals surface area contributed by atoms with Crippen LogP contribution in [-0.4, -0.2) is 73.0 Å². The van der Waals surface area contributed by atoms with Crippen molar-refractivity contribution in [3.8, 4) is 0 Å². The molecule has 0 unspecified atom stereocenters. The van der Waals surface area contributed by atoms with Gasteiger partial charge in [-0.1, -0.05) is 13.0 Å². The van der Waals surface area contributed by atoms with Gasteiger partial charge in [0, 0.05) is 38.6 Å². The molecule has 1 fully saturated rings. The van der Waals surface area contributed by atoms with Gasteiger partial charge in [0.25, 0.3) is 0 Å². The Morgan fingerprint density at radius 3 is 2.57 bits per heavy atom. The number of hydrogen-bond acceptors (Lipinski definition) is 8. The fraction of sp³-hybridized carbons (Fsp3) is 0.360. The van der Waals surface area contributed by atoms with Crippen molar-refractivity contribution in [2.24, 2.45) is 0 Å². The first-order valence-electron chi connectivity index (χ1n) is 11.9. The molecule has 1 aliphatic rings. The van der Waals surface area contributed by atoms with Crippen molar-refractivity contribution < 1.29 is 23.1 Å². The lowest BCUT2D eigenvalue weighted by Crippen LogP contribution is -2.48. The molecule has 11 nitrogen and oxygen atoms in total. The van der Waals surface area contributed by atoms with E-state index in [0.717, 1.165) is 26.2 Å². The second-order valence-electron chi connectivity index (χ2n) is 9.14. The number of anilines is 3. The minimum Gasteiger partial charge on any atom is -0.480 e. The number of nitrogen functional groups attached to an aromatic ring is 1. The summed E-state index contributed by atoms with van der Waals surface area (Å²) in [6.07, 6.45) is 3.88. The smallest absolute Gasteiger partial charge is 0.326 e. The summed E-state index contributed by atoms with van der Waals surface area (Å²) in [5, 5.41) is 11.7. The maximum Gasteiger partial charge on any atom is 0.326 e. The van der Waals surface area contributed by atoms with Crippen LogP contribution in [0.2, 0.25) is 0 Å². The quantitative estimate of drug-likeness (QED) is 0.352. The van der Waals surface area contributed by atoms with Gasteiger partial charge in [-0.05, 0) is 53.6 Å². The number of carboxylic acids is 1. The average molecular weight is 527 g/mol. The second kappa shape index (κ2) is 10.6. The number of carbonyl (C=O) groups is 2. The highest BCUT2D eigenvalue weighted by Crippen LogP contribution is 2.29. The maximum absolute atomic E-state index is 13.4. The standard InChI is InChI=1S/C25H30N6O5S/c1-4-15-12-19-16(7-9-27-23(19)26)11-17(15)13-21(25(33)34)30-10-8-20(24(30)32)31(37(35)36)18-5-6-22(28-14-18)29(2)3/h5-7,9,11-12,14,20-21,37H,4,8,10,13H2,1-3H3,(H2,26,27)(H,33,34)/t20-,21+/m0/s1. The molecule has 3 N–H and O–H groups in total. The number of carbonyl (C=O) groups excluding carboxylic acids is 1. The number of aliphatic carboxylic acids is 1. The first kappa shape index (κ1) is 26.1. The van der Waals surface area contributed by atoms with Crippen LogP contribution in [0.1, 0.15) is 24.5 Å². The van der Waals surface area contributed by atoms with Crippen LogP contribution in [0.3, 0.4) is 0 Å². The number of aryl methyl sites for hydroxylation is 1. The normalized spacial score (nSPS) is 16.4. The molecule has 0 aliphatic carbocycles. The summed E-state index contributed by atoms with van der Waals surface area (Å²) < 4.78 is 25.4. The molecule has 2 atom stereocenters. The van der Waals surface area contributed by atoms with E-state index >= 15 is 0 Å².